The first-order chi connectivity index (χ1) is 9.11. The van der Waals surface area contributed by atoms with E-state index in [1.165, 1.54) is 0 Å². The van der Waals surface area contributed by atoms with E-state index in [1.54, 1.807) is 4.90 Å². The molecule has 0 spiro atoms. The predicted molar refractivity (Wildman–Crippen MR) is 71.2 cm³/mol. The molecule has 0 aliphatic carbocycles. The molecule has 1 saturated heterocycles. The van der Waals surface area contributed by atoms with Gasteiger partial charge in [-0.1, -0.05) is 6.92 Å². The first-order valence-corrected chi connectivity index (χ1v) is 6.54. The Labute approximate surface area is 112 Å². The summed E-state index contributed by atoms with van der Waals surface area (Å²) < 4.78 is 13.1. The molecule has 5 nitrogen and oxygen atoms in total. The Bertz CT molecular complexity index is 458. The smallest absolute Gasteiger partial charge is 0.257 e. The molecule has 0 unspecified atom stereocenters. The van der Waals surface area contributed by atoms with Gasteiger partial charge in [-0.15, -0.1) is 0 Å². The summed E-state index contributed by atoms with van der Waals surface area (Å²) in [5.41, 5.74) is 5.79. The van der Waals surface area contributed by atoms with E-state index < -0.39 is 5.82 Å². The number of pyridine rings is 1. The number of halogens is 1. The van der Waals surface area contributed by atoms with Crippen LogP contribution in [0.5, 0.6) is 0 Å². The van der Waals surface area contributed by atoms with Gasteiger partial charge in [-0.05, 0) is 19.0 Å². The first-order valence-electron chi connectivity index (χ1n) is 6.54. The number of amides is 1. The number of nitrogens with two attached hydrogens (primary N) is 1. The lowest BCUT2D eigenvalue weighted by molar-refractivity contribution is 0.0637. The van der Waals surface area contributed by atoms with Crippen molar-refractivity contribution >= 4 is 11.7 Å². The summed E-state index contributed by atoms with van der Waals surface area (Å²) in [6.07, 6.45) is 2.13. The minimum absolute atomic E-state index is 0.0855. The molecule has 2 heterocycles. The summed E-state index contributed by atoms with van der Waals surface area (Å²) in [7, 11) is 0. The average molecular weight is 266 g/mol. The maximum Gasteiger partial charge on any atom is 0.257 e. The normalized spacial score (nSPS) is 16.6. The van der Waals surface area contributed by atoms with Crippen molar-refractivity contribution in [1.29, 1.82) is 0 Å². The number of aromatic nitrogens is 1. The van der Waals surface area contributed by atoms with E-state index in [4.69, 9.17) is 5.73 Å². The van der Waals surface area contributed by atoms with E-state index in [0.29, 0.717) is 13.1 Å². The number of hydrogen-bond donors (Lipinski definition) is 1. The molecule has 1 aliphatic rings. The van der Waals surface area contributed by atoms with E-state index in [-0.39, 0.29) is 17.3 Å². The highest BCUT2D eigenvalue weighted by Crippen LogP contribution is 2.14. The van der Waals surface area contributed by atoms with Crippen LogP contribution in [-0.2, 0) is 0 Å². The van der Waals surface area contributed by atoms with Crippen LogP contribution in [0.2, 0.25) is 0 Å². The number of hydrogen-bond acceptors (Lipinski definition) is 4. The number of nitrogens with zero attached hydrogens (tertiary/aromatic N) is 3. The van der Waals surface area contributed by atoms with Gasteiger partial charge in [0.1, 0.15) is 11.6 Å². The molecular formula is C13H19FN4O. The van der Waals surface area contributed by atoms with Crippen molar-refractivity contribution in [2.75, 3.05) is 38.5 Å². The zero-order valence-electron chi connectivity index (χ0n) is 11.1. The van der Waals surface area contributed by atoms with E-state index in [2.05, 4.69) is 16.8 Å². The zero-order valence-corrected chi connectivity index (χ0v) is 11.1. The topological polar surface area (TPSA) is 62.5 Å². The summed E-state index contributed by atoms with van der Waals surface area (Å²) >= 11 is 0. The summed E-state index contributed by atoms with van der Waals surface area (Å²) in [4.78, 5) is 20.0. The first kappa shape index (κ1) is 13.7. The standard InChI is InChI=1S/C13H19FN4O/c1-2-3-17-4-6-18(7-5-17)13(19)11-8-10(14)9-16-12(11)15/h8-9H,2-7H2,1H3,(H2,15,16). The molecule has 2 N–H and O–H groups in total. The molecule has 1 aromatic rings. The molecule has 0 radical (unpaired) electrons. The Balaban J connectivity index is 2.03. The van der Waals surface area contributed by atoms with Gasteiger partial charge in [0, 0.05) is 26.2 Å². The molecule has 19 heavy (non-hydrogen) atoms. The molecule has 6 heteroatoms. The molecule has 1 amide bonds. The lowest BCUT2D eigenvalue weighted by Crippen LogP contribution is -2.48. The molecule has 0 saturated carbocycles. The highest BCUT2D eigenvalue weighted by molar-refractivity contribution is 5.98. The summed E-state index contributed by atoms with van der Waals surface area (Å²) in [6.45, 7) is 6.18. The van der Waals surface area contributed by atoms with E-state index >= 15 is 0 Å². The lowest BCUT2D eigenvalue weighted by Gasteiger charge is -2.34. The fourth-order valence-corrected chi connectivity index (χ4v) is 2.28. The number of nitrogen functional groups attached to an aromatic ring is 1. The molecule has 104 valence electrons. The maximum atomic E-state index is 13.1. The third-order valence-electron chi connectivity index (χ3n) is 3.31. The van der Waals surface area contributed by atoms with Gasteiger partial charge in [-0.3, -0.25) is 9.69 Å². The minimum Gasteiger partial charge on any atom is -0.383 e. The minimum atomic E-state index is -0.540. The molecule has 0 atom stereocenters. The van der Waals surface area contributed by atoms with Crippen molar-refractivity contribution in [3.63, 3.8) is 0 Å². The van der Waals surface area contributed by atoms with Crippen molar-refractivity contribution in [2.45, 2.75) is 13.3 Å². The van der Waals surface area contributed by atoms with Crippen LogP contribution in [0.3, 0.4) is 0 Å². The van der Waals surface area contributed by atoms with Crippen LogP contribution < -0.4 is 5.73 Å². The van der Waals surface area contributed by atoms with Gasteiger partial charge in [0.05, 0.1) is 11.8 Å². The Morgan fingerprint density at radius 3 is 2.74 bits per heavy atom. The largest absolute Gasteiger partial charge is 0.383 e. The Kier molecular flexibility index (Phi) is 4.31. The van der Waals surface area contributed by atoms with Crippen molar-refractivity contribution in [2.24, 2.45) is 0 Å². The SMILES string of the molecule is CCCN1CCN(C(=O)c2cc(F)cnc2N)CC1. The second kappa shape index (κ2) is 5.97. The van der Waals surface area contributed by atoms with E-state index in [1.807, 2.05) is 0 Å². The van der Waals surface area contributed by atoms with Crippen LogP contribution in [0.1, 0.15) is 23.7 Å². The van der Waals surface area contributed by atoms with Crippen LogP contribution in [0, 0.1) is 5.82 Å². The zero-order chi connectivity index (χ0) is 13.8. The third-order valence-corrected chi connectivity index (χ3v) is 3.31. The Hall–Kier alpha value is -1.69. The molecule has 2 rings (SSSR count). The van der Waals surface area contributed by atoms with Crippen LogP contribution >= 0.6 is 0 Å². The predicted octanol–water partition coefficient (Wildman–Crippen LogP) is 0.971. The van der Waals surface area contributed by atoms with Gasteiger partial charge < -0.3 is 10.6 Å². The van der Waals surface area contributed by atoms with Crippen LogP contribution in [0.4, 0.5) is 10.2 Å². The van der Waals surface area contributed by atoms with E-state index in [0.717, 1.165) is 38.3 Å². The van der Waals surface area contributed by atoms with Gasteiger partial charge in [0.15, 0.2) is 0 Å². The van der Waals surface area contributed by atoms with Gasteiger partial charge in [-0.2, -0.15) is 0 Å². The molecular weight excluding hydrogens is 247 g/mol. The van der Waals surface area contributed by atoms with Gasteiger partial charge in [0.25, 0.3) is 5.91 Å². The highest BCUT2D eigenvalue weighted by atomic mass is 19.1. The number of piperazine rings is 1. The van der Waals surface area contributed by atoms with Crippen molar-refractivity contribution in [3.05, 3.63) is 23.6 Å². The summed E-state index contributed by atoms with van der Waals surface area (Å²) in [5.74, 6) is -0.690. The fourth-order valence-electron chi connectivity index (χ4n) is 2.28. The number of carbonyl (C=O) groups excluding carboxylic acids is 1. The molecule has 1 aliphatic heterocycles. The Morgan fingerprint density at radius 2 is 2.11 bits per heavy atom. The van der Waals surface area contributed by atoms with Crippen LogP contribution in [0.15, 0.2) is 12.3 Å². The van der Waals surface area contributed by atoms with Crippen molar-refractivity contribution < 1.29 is 9.18 Å². The van der Waals surface area contributed by atoms with E-state index in [9.17, 15) is 9.18 Å². The van der Waals surface area contributed by atoms with Crippen molar-refractivity contribution in [1.82, 2.24) is 14.8 Å². The number of rotatable bonds is 3. The van der Waals surface area contributed by atoms with Gasteiger partial charge >= 0.3 is 0 Å². The lowest BCUT2D eigenvalue weighted by atomic mass is 10.2. The quantitative estimate of drug-likeness (QED) is 0.885. The Morgan fingerprint density at radius 1 is 1.42 bits per heavy atom. The second-order valence-electron chi connectivity index (χ2n) is 4.72. The summed E-state index contributed by atoms with van der Waals surface area (Å²) in [6, 6.07) is 1.16. The molecule has 1 fully saturated rings. The number of carbonyl (C=O) groups is 1. The second-order valence-corrected chi connectivity index (χ2v) is 4.72. The number of anilines is 1. The van der Waals surface area contributed by atoms with Gasteiger partial charge in [-0.25, -0.2) is 9.37 Å². The van der Waals surface area contributed by atoms with Crippen LogP contribution in [0.25, 0.3) is 0 Å². The molecule has 0 aromatic carbocycles. The van der Waals surface area contributed by atoms with Gasteiger partial charge in [0.2, 0.25) is 0 Å². The summed E-state index contributed by atoms with van der Waals surface area (Å²) in [5, 5.41) is 0. The molecule has 1 aromatic heterocycles. The third kappa shape index (κ3) is 3.20. The average Bonchev–Trinajstić information content (AvgIpc) is 2.42. The van der Waals surface area contributed by atoms with Crippen molar-refractivity contribution in [3.8, 4) is 0 Å². The van der Waals surface area contributed by atoms with Crippen LogP contribution in [-0.4, -0.2) is 53.4 Å². The molecule has 0 bridgehead atoms. The highest BCUT2D eigenvalue weighted by Gasteiger charge is 2.23. The maximum absolute atomic E-state index is 13.1. The fraction of sp³-hybridized carbons (Fsp3) is 0.538. The monoisotopic (exact) mass is 266 g/mol.